The number of rotatable bonds is 10. The van der Waals surface area contributed by atoms with Gasteiger partial charge < -0.3 is 33.9 Å². The normalized spacial score (nSPS) is 24.6. The van der Waals surface area contributed by atoms with E-state index in [1.807, 2.05) is 66.9 Å². The van der Waals surface area contributed by atoms with Crippen molar-refractivity contribution in [1.82, 2.24) is 19.5 Å². The lowest BCUT2D eigenvalue weighted by molar-refractivity contribution is -0.224. The van der Waals surface area contributed by atoms with E-state index in [1.54, 1.807) is 6.33 Å². The van der Waals surface area contributed by atoms with E-state index in [4.69, 9.17) is 18.9 Å². The molecule has 2 aliphatic heterocycles. The van der Waals surface area contributed by atoms with Gasteiger partial charge in [-0.15, -0.1) is 0 Å². The minimum atomic E-state index is -0.782. The number of aliphatic hydroxyl groups is 1. The monoisotopic (exact) mass is 531 g/mol. The van der Waals surface area contributed by atoms with E-state index < -0.39 is 30.4 Å². The van der Waals surface area contributed by atoms with Crippen LogP contribution in [0.3, 0.4) is 0 Å². The van der Waals surface area contributed by atoms with Crippen LogP contribution in [-0.2, 0) is 32.1 Å². The molecule has 6 rings (SSSR count). The molecular weight excluding hydrogens is 498 g/mol. The Hall–Kier alpha value is -3.41. The minimum Gasteiger partial charge on any atom is -0.396 e. The Morgan fingerprint density at radius 3 is 2.49 bits per heavy atom. The smallest absolute Gasteiger partial charge is 0.190 e. The van der Waals surface area contributed by atoms with Crippen molar-refractivity contribution >= 4 is 17.0 Å². The summed E-state index contributed by atoms with van der Waals surface area (Å²) in [4.78, 5) is 13.6. The van der Waals surface area contributed by atoms with Crippen molar-refractivity contribution in [3.8, 4) is 0 Å². The SMILES string of the molecule is CC1(C)O[C@H]2O[C@H]([C@H](CCO)n3cnc4c(NCc5ccccc5)ncnc43)[C@H](OCc3ccccc3)[C@H]2O1. The first-order chi connectivity index (χ1) is 19.0. The molecule has 0 amide bonds. The number of benzene rings is 2. The van der Waals surface area contributed by atoms with Crippen molar-refractivity contribution in [3.63, 3.8) is 0 Å². The zero-order valence-electron chi connectivity index (χ0n) is 22.0. The third-order valence-electron chi connectivity index (χ3n) is 7.14. The number of hydrogen-bond acceptors (Lipinski definition) is 9. The van der Waals surface area contributed by atoms with Gasteiger partial charge in [-0.3, -0.25) is 0 Å². The van der Waals surface area contributed by atoms with Crippen molar-refractivity contribution in [2.75, 3.05) is 11.9 Å². The van der Waals surface area contributed by atoms with Crippen LogP contribution in [0.4, 0.5) is 5.82 Å². The first-order valence-corrected chi connectivity index (χ1v) is 13.3. The van der Waals surface area contributed by atoms with E-state index in [0.29, 0.717) is 36.6 Å². The Morgan fingerprint density at radius 2 is 1.74 bits per heavy atom. The van der Waals surface area contributed by atoms with Gasteiger partial charge in [0.05, 0.1) is 19.0 Å². The highest BCUT2D eigenvalue weighted by molar-refractivity contribution is 5.82. The van der Waals surface area contributed by atoms with Crippen molar-refractivity contribution < 1.29 is 24.1 Å². The summed E-state index contributed by atoms with van der Waals surface area (Å²) in [6, 6.07) is 19.8. The number of aliphatic hydroxyl groups excluding tert-OH is 1. The average molecular weight is 532 g/mol. The fourth-order valence-corrected chi connectivity index (χ4v) is 5.37. The largest absolute Gasteiger partial charge is 0.396 e. The standard InChI is InChI=1S/C29H33N5O5/c1-29(2)38-25-24(36-16-20-11-7-4-8-12-20)23(37-28(25)39-29)21(13-14-35)34-18-33-22-26(31-17-32-27(22)34)30-15-19-9-5-3-6-10-19/h3-12,17-18,21,23-25,28,35H,13-16H2,1-2H3,(H,30,31,32)/t21-,23+,24-,25+,28+/m0/s1. The summed E-state index contributed by atoms with van der Waals surface area (Å²) >= 11 is 0. The molecule has 0 unspecified atom stereocenters. The third-order valence-corrected chi connectivity index (χ3v) is 7.14. The zero-order chi connectivity index (χ0) is 26.8. The first kappa shape index (κ1) is 25.8. The van der Waals surface area contributed by atoms with Gasteiger partial charge in [0.1, 0.15) is 30.2 Å². The lowest BCUT2D eigenvalue weighted by atomic mass is 10.0. The summed E-state index contributed by atoms with van der Waals surface area (Å²) in [6.07, 6.45) is 1.74. The maximum absolute atomic E-state index is 10.1. The Labute approximate surface area is 226 Å². The van der Waals surface area contributed by atoms with E-state index in [0.717, 1.165) is 11.1 Å². The number of nitrogens with one attached hydrogen (secondary N) is 1. The second-order valence-corrected chi connectivity index (χ2v) is 10.3. The van der Waals surface area contributed by atoms with E-state index in [1.165, 1.54) is 6.33 Å². The van der Waals surface area contributed by atoms with Crippen LogP contribution in [0.25, 0.3) is 11.2 Å². The fraction of sp³-hybridized carbons (Fsp3) is 0.414. The second kappa shape index (κ2) is 11.0. The predicted octanol–water partition coefficient (Wildman–Crippen LogP) is 3.82. The van der Waals surface area contributed by atoms with Crippen molar-refractivity contribution in [2.24, 2.45) is 0 Å². The van der Waals surface area contributed by atoms with Gasteiger partial charge in [-0.25, -0.2) is 15.0 Å². The molecule has 204 valence electrons. The van der Waals surface area contributed by atoms with E-state index in [2.05, 4.69) is 32.4 Å². The van der Waals surface area contributed by atoms with Crippen molar-refractivity contribution in [1.29, 1.82) is 0 Å². The molecule has 2 aromatic carbocycles. The van der Waals surface area contributed by atoms with Gasteiger partial charge in [0.25, 0.3) is 0 Å². The molecular formula is C29H33N5O5. The Bertz CT molecular complexity index is 1380. The number of imidazole rings is 1. The van der Waals surface area contributed by atoms with Crippen LogP contribution >= 0.6 is 0 Å². The molecule has 0 saturated carbocycles. The van der Waals surface area contributed by atoms with Crippen LogP contribution in [0.15, 0.2) is 73.3 Å². The van der Waals surface area contributed by atoms with Gasteiger partial charge in [0.2, 0.25) is 0 Å². The quantitative estimate of drug-likeness (QED) is 0.315. The molecule has 2 fully saturated rings. The van der Waals surface area contributed by atoms with Crippen molar-refractivity contribution in [3.05, 3.63) is 84.4 Å². The predicted molar refractivity (Wildman–Crippen MR) is 144 cm³/mol. The molecule has 2 saturated heterocycles. The topological polar surface area (TPSA) is 113 Å². The maximum atomic E-state index is 10.1. The first-order valence-electron chi connectivity index (χ1n) is 13.3. The molecule has 10 heteroatoms. The fourth-order valence-electron chi connectivity index (χ4n) is 5.37. The number of hydrogen-bond donors (Lipinski definition) is 2. The summed E-state index contributed by atoms with van der Waals surface area (Å²) in [5, 5.41) is 13.4. The van der Waals surface area contributed by atoms with E-state index >= 15 is 0 Å². The van der Waals surface area contributed by atoms with Gasteiger partial charge in [-0.05, 0) is 31.4 Å². The van der Waals surface area contributed by atoms with Crippen LogP contribution in [-0.4, -0.2) is 61.6 Å². The lowest BCUT2D eigenvalue weighted by Crippen LogP contribution is -2.41. The molecule has 39 heavy (non-hydrogen) atoms. The highest BCUT2D eigenvalue weighted by Crippen LogP contribution is 2.43. The molecule has 0 spiro atoms. The molecule has 0 bridgehead atoms. The minimum absolute atomic E-state index is 0.0532. The molecule has 5 atom stereocenters. The number of aromatic nitrogens is 4. The second-order valence-electron chi connectivity index (χ2n) is 10.3. The van der Waals surface area contributed by atoms with Crippen LogP contribution in [0.2, 0.25) is 0 Å². The van der Waals surface area contributed by atoms with Gasteiger partial charge in [0.15, 0.2) is 23.5 Å². The van der Waals surface area contributed by atoms with Gasteiger partial charge in [0, 0.05) is 13.2 Å². The van der Waals surface area contributed by atoms with Crippen LogP contribution in [0.1, 0.15) is 37.4 Å². The summed E-state index contributed by atoms with van der Waals surface area (Å²) in [6.45, 7) is 4.68. The molecule has 2 N–H and O–H groups in total. The molecule has 0 aliphatic carbocycles. The average Bonchev–Trinajstić information content (AvgIpc) is 3.61. The molecule has 10 nitrogen and oxygen atoms in total. The Balaban J connectivity index is 1.29. The van der Waals surface area contributed by atoms with E-state index in [9.17, 15) is 5.11 Å². The zero-order valence-corrected chi connectivity index (χ0v) is 22.0. The van der Waals surface area contributed by atoms with Crippen LogP contribution in [0, 0.1) is 0 Å². The molecule has 4 aromatic rings. The van der Waals surface area contributed by atoms with Crippen molar-refractivity contribution in [2.45, 2.75) is 69.9 Å². The summed E-state index contributed by atoms with van der Waals surface area (Å²) < 4.78 is 27.2. The number of fused-ring (bicyclic) bond motifs is 2. The Kier molecular flexibility index (Phi) is 7.28. The molecule has 4 heterocycles. The van der Waals surface area contributed by atoms with Gasteiger partial charge in [-0.2, -0.15) is 0 Å². The highest BCUT2D eigenvalue weighted by atomic mass is 16.8. The van der Waals surface area contributed by atoms with Crippen LogP contribution < -0.4 is 5.32 Å². The lowest BCUT2D eigenvalue weighted by Gasteiger charge is -2.31. The molecule has 2 aliphatic rings. The highest BCUT2D eigenvalue weighted by Gasteiger charge is 2.57. The van der Waals surface area contributed by atoms with E-state index in [-0.39, 0.29) is 12.6 Å². The summed E-state index contributed by atoms with van der Waals surface area (Å²) in [5.74, 6) is -0.144. The number of ether oxygens (including phenoxy) is 4. The maximum Gasteiger partial charge on any atom is 0.190 e. The van der Waals surface area contributed by atoms with Gasteiger partial charge >= 0.3 is 0 Å². The number of nitrogens with zero attached hydrogens (tertiary/aromatic N) is 4. The third kappa shape index (κ3) is 5.39. The summed E-state index contributed by atoms with van der Waals surface area (Å²) in [5.41, 5.74) is 3.47. The summed E-state index contributed by atoms with van der Waals surface area (Å²) in [7, 11) is 0. The molecule has 2 aromatic heterocycles. The Morgan fingerprint density at radius 1 is 1.00 bits per heavy atom. The molecule has 0 radical (unpaired) electrons. The van der Waals surface area contributed by atoms with Gasteiger partial charge in [-0.1, -0.05) is 60.7 Å². The van der Waals surface area contributed by atoms with Crippen LogP contribution in [0.5, 0.6) is 0 Å². The number of anilines is 1.